The quantitative estimate of drug-likeness (QED) is 0.374. The molecule has 6 heteroatoms. The van der Waals surface area contributed by atoms with Gasteiger partial charge in [0.2, 0.25) is 5.91 Å². The first-order valence-corrected chi connectivity index (χ1v) is 6.33. The summed E-state index contributed by atoms with van der Waals surface area (Å²) in [5.41, 5.74) is 6.38. The molecule has 0 spiro atoms. The van der Waals surface area contributed by atoms with Crippen molar-refractivity contribution in [2.24, 2.45) is 22.7 Å². The highest BCUT2D eigenvalue weighted by Crippen LogP contribution is 2.16. The van der Waals surface area contributed by atoms with Gasteiger partial charge in [-0.2, -0.15) is 0 Å². The Morgan fingerprint density at radius 1 is 1.40 bits per heavy atom. The topological polar surface area (TPSA) is 78.9 Å². The fraction of sp³-hybridized carbons (Fsp3) is 0.429. The predicted octanol–water partition coefficient (Wildman–Crippen LogP) is 1.80. The molecule has 0 aliphatic heterocycles. The van der Waals surface area contributed by atoms with Crippen molar-refractivity contribution in [2.75, 3.05) is 7.05 Å². The van der Waals surface area contributed by atoms with Crippen LogP contribution in [0.1, 0.15) is 19.4 Å². The Bertz CT molecular complexity index is 486. The number of oxime groups is 1. The molecule has 0 saturated carbocycles. The van der Waals surface area contributed by atoms with Crippen molar-refractivity contribution < 1.29 is 14.4 Å². The number of amides is 1. The molecule has 0 aromatic heterocycles. The lowest BCUT2D eigenvalue weighted by molar-refractivity contribution is -0.133. The Morgan fingerprint density at radius 2 is 1.95 bits per heavy atom. The highest BCUT2D eigenvalue weighted by molar-refractivity contribution is 6.02. The molecule has 0 fully saturated rings. The number of nitrogens with two attached hydrogens (primary N) is 1. The summed E-state index contributed by atoms with van der Waals surface area (Å²) in [4.78, 5) is 13.8. The number of halogens is 1. The van der Waals surface area contributed by atoms with Gasteiger partial charge in [-0.3, -0.25) is 4.79 Å². The average molecular weight is 281 g/mol. The van der Waals surface area contributed by atoms with Crippen molar-refractivity contribution in [2.45, 2.75) is 20.4 Å². The minimum atomic E-state index is -0.676. The van der Waals surface area contributed by atoms with E-state index in [-0.39, 0.29) is 23.5 Å². The summed E-state index contributed by atoms with van der Waals surface area (Å²) in [7, 11) is 1.63. The fourth-order valence-corrected chi connectivity index (χ4v) is 1.99. The van der Waals surface area contributed by atoms with Crippen molar-refractivity contribution in [3.05, 3.63) is 35.6 Å². The van der Waals surface area contributed by atoms with Crippen LogP contribution in [0.15, 0.2) is 29.4 Å². The van der Waals surface area contributed by atoms with E-state index in [2.05, 4.69) is 5.16 Å². The first-order chi connectivity index (χ1) is 9.36. The van der Waals surface area contributed by atoms with Crippen LogP contribution in [0, 0.1) is 17.7 Å². The van der Waals surface area contributed by atoms with E-state index in [9.17, 15) is 9.18 Å². The zero-order valence-corrected chi connectivity index (χ0v) is 11.9. The van der Waals surface area contributed by atoms with Gasteiger partial charge in [0.1, 0.15) is 11.7 Å². The van der Waals surface area contributed by atoms with Gasteiger partial charge in [0.15, 0.2) is 5.84 Å². The molecule has 0 saturated heterocycles. The van der Waals surface area contributed by atoms with E-state index in [0.29, 0.717) is 6.54 Å². The maximum Gasteiger partial charge on any atom is 0.233 e. The van der Waals surface area contributed by atoms with Crippen molar-refractivity contribution in [3.63, 3.8) is 0 Å². The third-order valence-electron chi connectivity index (χ3n) is 3.08. The maximum absolute atomic E-state index is 12.8. The molecule has 0 aliphatic rings. The molecule has 20 heavy (non-hydrogen) atoms. The van der Waals surface area contributed by atoms with Crippen LogP contribution in [0.4, 0.5) is 4.39 Å². The van der Waals surface area contributed by atoms with Gasteiger partial charge in [0.05, 0.1) is 0 Å². The molecule has 5 nitrogen and oxygen atoms in total. The number of carbonyl (C=O) groups excluding carboxylic acids is 1. The summed E-state index contributed by atoms with van der Waals surface area (Å²) in [6.45, 7) is 3.99. The summed E-state index contributed by atoms with van der Waals surface area (Å²) in [6.07, 6.45) is 0. The number of carbonyl (C=O) groups is 1. The lowest BCUT2D eigenvalue weighted by atomic mass is 9.93. The third kappa shape index (κ3) is 3.94. The van der Waals surface area contributed by atoms with Gasteiger partial charge in [-0.1, -0.05) is 31.1 Å². The highest BCUT2D eigenvalue weighted by atomic mass is 19.1. The van der Waals surface area contributed by atoms with Gasteiger partial charge < -0.3 is 15.8 Å². The standard InChI is InChI=1S/C14H20FN3O2/c1-9(2)12(13(16)17-20)14(19)18(3)8-10-4-6-11(15)7-5-10/h4-7,9,12,20H,8H2,1-3H3,(H2,16,17). The summed E-state index contributed by atoms with van der Waals surface area (Å²) in [5, 5.41) is 11.7. The maximum atomic E-state index is 12.8. The van der Waals surface area contributed by atoms with E-state index in [1.807, 2.05) is 13.8 Å². The molecule has 1 rings (SSSR count). The molecule has 1 amide bonds. The van der Waals surface area contributed by atoms with Gasteiger partial charge in [0.25, 0.3) is 0 Å². The lowest BCUT2D eigenvalue weighted by Gasteiger charge is -2.25. The second kappa shape index (κ2) is 6.88. The molecule has 1 aromatic carbocycles. The minimum absolute atomic E-state index is 0.0888. The molecule has 0 heterocycles. The van der Waals surface area contributed by atoms with Crippen LogP contribution in [-0.2, 0) is 11.3 Å². The number of benzene rings is 1. The van der Waals surface area contributed by atoms with Crippen LogP contribution in [-0.4, -0.2) is 28.9 Å². The van der Waals surface area contributed by atoms with Crippen molar-refractivity contribution in [1.82, 2.24) is 4.90 Å². The number of hydrogen-bond donors (Lipinski definition) is 2. The number of hydrogen-bond acceptors (Lipinski definition) is 3. The second-order valence-electron chi connectivity index (χ2n) is 5.07. The Morgan fingerprint density at radius 3 is 2.40 bits per heavy atom. The summed E-state index contributed by atoms with van der Waals surface area (Å²) < 4.78 is 12.8. The monoisotopic (exact) mass is 281 g/mol. The Hall–Kier alpha value is -2.11. The number of amidine groups is 1. The SMILES string of the molecule is CC(C)C(C(=O)N(C)Cc1ccc(F)cc1)C(N)=NO. The third-order valence-corrected chi connectivity index (χ3v) is 3.08. The molecular weight excluding hydrogens is 261 g/mol. The van der Waals surface area contributed by atoms with Crippen molar-refractivity contribution in [1.29, 1.82) is 0 Å². The summed E-state index contributed by atoms with van der Waals surface area (Å²) in [5.74, 6) is -1.42. The van der Waals surface area contributed by atoms with E-state index in [0.717, 1.165) is 5.56 Å². The molecule has 1 unspecified atom stereocenters. The number of nitrogens with zero attached hydrogens (tertiary/aromatic N) is 2. The van der Waals surface area contributed by atoms with Crippen LogP contribution >= 0.6 is 0 Å². The molecule has 0 radical (unpaired) electrons. The summed E-state index contributed by atoms with van der Waals surface area (Å²) >= 11 is 0. The molecular formula is C14H20FN3O2. The second-order valence-corrected chi connectivity index (χ2v) is 5.07. The smallest absolute Gasteiger partial charge is 0.233 e. The van der Waals surface area contributed by atoms with Crippen molar-refractivity contribution >= 4 is 11.7 Å². The summed E-state index contributed by atoms with van der Waals surface area (Å²) in [6, 6.07) is 5.92. The van der Waals surface area contributed by atoms with E-state index in [1.54, 1.807) is 19.2 Å². The molecule has 110 valence electrons. The van der Waals surface area contributed by atoms with Crippen molar-refractivity contribution in [3.8, 4) is 0 Å². The van der Waals surface area contributed by atoms with Crippen LogP contribution in [0.3, 0.4) is 0 Å². The van der Waals surface area contributed by atoms with Gasteiger partial charge >= 0.3 is 0 Å². The molecule has 0 aliphatic carbocycles. The number of rotatable bonds is 5. The fourth-order valence-electron chi connectivity index (χ4n) is 1.99. The highest BCUT2D eigenvalue weighted by Gasteiger charge is 2.29. The Kier molecular flexibility index (Phi) is 5.49. The van der Waals surface area contributed by atoms with E-state index >= 15 is 0 Å². The predicted molar refractivity (Wildman–Crippen MR) is 74.6 cm³/mol. The molecule has 1 atom stereocenters. The molecule has 0 bridgehead atoms. The first-order valence-electron chi connectivity index (χ1n) is 6.33. The van der Waals surface area contributed by atoms with Crippen LogP contribution < -0.4 is 5.73 Å². The van der Waals surface area contributed by atoms with Gasteiger partial charge in [-0.25, -0.2) is 4.39 Å². The Labute approximate surface area is 117 Å². The zero-order chi connectivity index (χ0) is 15.3. The van der Waals surface area contributed by atoms with Gasteiger partial charge in [-0.15, -0.1) is 0 Å². The minimum Gasteiger partial charge on any atom is -0.409 e. The van der Waals surface area contributed by atoms with Crippen LogP contribution in [0.5, 0.6) is 0 Å². The lowest BCUT2D eigenvalue weighted by Crippen LogP contribution is -2.42. The van der Waals surface area contributed by atoms with Crippen LogP contribution in [0.2, 0.25) is 0 Å². The van der Waals surface area contributed by atoms with E-state index in [1.165, 1.54) is 17.0 Å². The van der Waals surface area contributed by atoms with Gasteiger partial charge in [-0.05, 0) is 23.6 Å². The molecule has 3 N–H and O–H groups in total. The van der Waals surface area contributed by atoms with E-state index in [4.69, 9.17) is 10.9 Å². The normalized spacial score (nSPS) is 13.3. The average Bonchev–Trinajstić information content (AvgIpc) is 2.40. The first kappa shape index (κ1) is 15.9. The van der Waals surface area contributed by atoms with Gasteiger partial charge in [0, 0.05) is 13.6 Å². The zero-order valence-electron chi connectivity index (χ0n) is 11.9. The molecule has 1 aromatic rings. The van der Waals surface area contributed by atoms with E-state index < -0.39 is 5.92 Å². The Balaban J connectivity index is 2.81. The largest absolute Gasteiger partial charge is 0.409 e. The van der Waals surface area contributed by atoms with Crippen LogP contribution in [0.25, 0.3) is 0 Å².